The van der Waals surface area contributed by atoms with Crippen molar-refractivity contribution in [2.75, 3.05) is 0 Å². The van der Waals surface area contributed by atoms with Crippen molar-refractivity contribution < 1.29 is 5.11 Å². The van der Waals surface area contributed by atoms with Gasteiger partial charge in [-0.15, -0.1) is 11.3 Å². The van der Waals surface area contributed by atoms with Crippen LogP contribution in [0.4, 0.5) is 0 Å². The van der Waals surface area contributed by atoms with Gasteiger partial charge in [-0.3, -0.25) is 0 Å². The van der Waals surface area contributed by atoms with Crippen molar-refractivity contribution in [2.45, 2.75) is 19.5 Å². The van der Waals surface area contributed by atoms with Gasteiger partial charge in [0.15, 0.2) is 0 Å². The van der Waals surface area contributed by atoms with Crippen LogP contribution in [0, 0.1) is 0 Å². The fraction of sp³-hybridized carbons (Fsp3) is 0.231. The van der Waals surface area contributed by atoms with Crippen LogP contribution in [-0.4, -0.2) is 5.11 Å². The van der Waals surface area contributed by atoms with Crippen LogP contribution in [0.5, 0.6) is 5.75 Å². The summed E-state index contributed by atoms with van der Waals surface area (Å²) < 4.78 is 0. The Kier molecular flexibility index (Phi) is 3.59. The minimum atomic E-state index is 0.322. The summed E-state index contributed by atoms with van der Waals surface area (Å²) in [5, 5.41) is 14.8. The van der Waals surface area contributed by atoms with Crippen molar-refractivity contribution in [3.8, 4) is 5.75 Å². The summed E-state index contributed by atoms with van der Waals surface area (Å²) in [7, 11) is 0. The first-order valence-corrected chi connectivity index (χ1v) is 6.18. The van der Waals surface area contributed by atoms with Gasteiger partial charge in [0.1, 0.15) is 5.75 Å². The second-order valence-electron chi connectivity index (χ2n) is 3.79. The van der Waals surface area contributed by atoms with E-state index < -0.39 is 0 Å². The number of hydrogen-bond acceptors (Lipinski definition) is 3. The third-order valence-electron chi connectivity index (χ3n) is 2.49. The van der Waals surface area contributed by atoms with Crippen LogP contribution in [0.25, 0.3) is 0 Å². The van der Waals surface area contributed by atoms with Gasteiger partial charge in [-0.2, -0.15) is 0 Å². The Morgan fingerprint density at radius 1 is 1.31 bits per heavy atom. The van der Waals surface area contributed by atoms with Crippen molar-refractivity contribution >= 4 is 11.3 Å². The fourth-order valence-corrected chi connectivity index (χ4v) is 2.33. The van der Waals surface area contributed by atoms with E-state index in [0.717, 1.165) is 12.1 Å². The molecule has 1 aromatic carbocycles. The van der Waals surface area contributed by atoms with Crippen molar-refractivity contribution in [3.05, 3.63) is 52.2 Å². The number of phenols is 1. The highest BCUT2D eigenvalue weighted by atomic mass is 32.1. The highest BCUT2D eigenvalue weighted by Gasteiger charge is 2.05. The fourth-order valence-electron chi connectivity index (χ4n) is 1.58. The van der Waals surface area contributed by atoms with Gasteiger partial charge in [-0.25, -0.2) is 0 Å². The normalized spacial score (nSPS) is 12.6. The van der Waals surface area contributed by atoms with Crippen LogP contribution in [0.2, 0.25) is 0 Å². The molecule has 2 rings (SSSR count). The maximum absolute atomic E-state index is 9.34. The molecule has 0 amide bonds. The molecule has 1 aromatic heterocycles. The smallest absolute Gasteiger partial charge is 0.115 e. The summed E-state index contributed by atoms with van der Waals surface area (Å²) in [6, 6.07) is 11.9. The number of aromatic hydroxyl groups is 1. The van der Waals surface area contributed by atoms with Gasteiger partial charge in [0.2, 0.25) is 0 Å². The lowest BCUT2D eigenvalue weighted by atomic mass is 10.2. The first-order valence-electron chi connectivity index (χ1n) is 5.30. The van der Waals surface area contributed by atoms with Gasteiger partial charge in [-0.1, -0.05) is 18.2 Å². The number of nitrogens with one attached hydrogen (secondary N) is 1. The average molecular weight is 233 g/mol. The Morgan fingerprint density at radius 3 is 2.88 bits per heavy atom. The lowest BCUT2D eigenvalue weighted by Crippen LogP contribution is -2.16. The molecule has 1 atom stereocenters. The standard InChI is InChI=1S/C13H15NOS/c1-10(13-6-3-7-16-13)14-9-11-4-2-5-12(15)8-11/h2-8,10,14-15H,9H2,1H3. The first kappa shape index (κ1) is 11.2. The largest absolute Gasteiger partial charge is 0.508 e. The molecule has 0 spiro atoms. The van der Waals surface area contributed by atoms with Crippen LogP contribution in [0.3, 0.4) is 0 Å². The number of phenolic OH excluding ortho intramolecular Hbond substituents is 1. The van der Waals surface area contributed by atoms with E-state index in [1.54, 1.807) is 23.5 Å². The lowest BCUT2D eigenvalue weighted by Gasteiger charge is -2.12. The zero-order chi connectivity index (χ0) is 11.4. The molecule has 0 aliphatic rings. The molecule has 0 aliphatic carbocycles. The van der Waals surface area contributed by atoms with Gasteiger partial charge >= 0.3 is 0 Å². The summed E-state index contributed by atoms with van der Waals surface area (Å²) >= 11 is 1.76. The molecule has 2 nitrogen and oxygen atoms in total. The van der Waals surface area contributed by atoms with E-state index in [4.69, 9.17) is 0 Å². The van der Waals surface area contributed by atoms with Crippen LogP contribution >= 0.6 is 11.3 Å². The summed E-state index contributed by atoms with van der Waals surface area (Å²) in [5.41, 5.74) is 1.10. The quantitative estimate of drug-likeness (QED) is 0.849. The molecule has 0 saturated heterocycles. The molecule has 16 heavy (non-hydrogen) atoms. The van der Waals surface area contributed by atoms with Gasteiger partial charge in [-0.05, 0) is 36.1 Å². The molecule has 0 saturated carbocycles. The Labute approximate surface area is 99.6 Å². The van der Waals surface area contributed by atoms with Crippen molar-refractivity contribution in [2.24, 2.45) is 0 Å². The van der Waals surface area contributed by atoms with Gasteiger partial charge < -0.3 is 10.4 Å². The van der Waals surface area contributed by atoms with E-state index in [2.05, 4.69) is 29.8 Å². The van der Waals surface area contributed by atoms with Crippen LogP contribution in [-0.2, 0) is 6.54 Å². The Hall–Kier alpha value is -1.32. The van der Waals surface area contributed by atoms with E-state index in [9.17, 15) is 5.11 Å². The topological polar surface area (TPSA) is 32.3 Å². The Balaban J connectivity index is 1.92. The molecule has 0 aliphatic heterocycles. The van der Waals surface area contributed by atoms with E-state index >= 15 is 0 Å². The Morgan fingerprint density at radius 2 is 2.19 bits per heavy atom. The summed E-state index contributed by atoms with van der Waals surface area (Å²) in [6.07, 6.45) is 0. The number of hydrogen-bond donors (Lipinski definition) is 2. The predicted octanol–water partition coefficient (Wildman–Crippen LogP) is 3.30. The second-order valence-corrected chi connectivity index (χ2v) is 4.77. The first-order chi connectivity index (χ1) is 7.75. The van der Waals surface area contributed by atoms with E-state index in [0.29, 0.717) is 11.8 Å². The third kappa shape index (κ3) is 2.84. The van der Waals surface area contributed by atoms with Crippen LogP contribution in [0.15, 0.2) is 41.8 Å². The number of benzene rings is 1. The monoisotopic (exact) mass is 233 g/mol. The maximum Gasteiger partial charge on any atom is 0.115 e. The molecule has 1 heterocycles. The van der Waals surface area contributed by atoms with E-state index in [1.807, 2.05) is 12.1 Å². The predicted molar refractivity (Wildman–Crippen MR) is 67.7 cm³/mol. The summed E-state index contributed by atoms with van der Waals surface area (Å²) in [5.74, 6) is 0.322. The Bertz CT molecular complexity index is 439. The molecule has 0 radical (unpaired) electrons. The number of thiophene rings is 1. The van der Waals surface area contributed by atoms with Crippen molar-refractivity contribution in [1.29, 1.82) is 0 Å². The number of rotatable bonds is 4. The molecule has 1 unspecified atom stereocenters. The van der Waals surface area contributed by atoms with Crippen LogP contribution < -0.4 is 5.32 Å². The SMILES string of the molecule is CC(NCc1cccc(O)c1)c1cccs1. The summed E-state index contributed by atoms with van der Waals surface area (Å²) in [6.45, 7) is 2.92. The van der Waals surface area contributed by atoms with Gasteiger partial charge in [0.25, 0.3) is 0 Å². The summed E-state index contributed by atoms with van der Waals surface area (Å²) in [4.78, 5) is 1.33. The lowest BCUT2D eigenvalue weighted by molar-refractivity contribution is 0.473. The van der Waals surface area contributed by atoms with Gasteiger partial charge in [0.05, 0.1) is 0 Å². The van der Waals surface area contributed by atoms with Crippen LogP contribution in [0.1, 0.15) is 23.4 Å². The van der Waals surface area contributed by atoms with Gasteiger partial charge in [0, 0.05) is 17.5 Å². The average Bonchev–Trinajstić information content (AvgIpc) is 2.79. The molecule has 3 heteroatoms. The minimum absolute atomic E-state index is 0.322. The zero-order valence-electron chi connectivity index (χ0n) is 9.18. The highest BCUT2D eigenvalue weighted by Crippen LogP contribution is 2.19. The molecular formula is C13H15NOS. The molecule has 2 N–H and O–H groups in total. The molecule has 0 fully saturated rings. The van der Waals surface area contributed by atoms with Crippen molar-refractivity contribution in [3.63, 3.8) is 0 Å². The molecule has 2 aromatic rings. The van der Waals surface area contributed by atoms with E-state index in [1.165, 1.54) is 4.88 Å². The highest BCUT2D eigenvalue weighted by molar-refractivity contribution is 7.10. The third-order valence-corrected chi connectivity index (χ3v) is 3.55. The zero-order valence-corrected chi connectivity index (χ0v) is 10.00. The van der Waals surface area contributed by atoms with E-state index in [-0.39, 0.29) is 0 Å². The molecule has 0 bridgehead atoms. The minimum Gasteiger partial charge on any atom is -0.508 e. The maximum atomic E-state index is 9.34. The molecular weight excluding hydrogens is 218 g/mol. The second kappa shape index (κ2) is 5.14. The van der Waals surface area contributed by atoms with Crippen molar-refractivity contribution in [1.82, 2.24) is 5.32 Å². The molecule has 84 valence electrons.